The van der Waals surface area contributed by atoms with Crippen molar-refractivity contribution < 1.29 is 14.6 Å². The van der Waals surface area contributed by atoms with Gasteiger partial charge in [0.2, 0.25) is 0 Å². The maximum Gasteiger partial charge on any atom is 0.161 e. The lowest BCUT2D eigenvalue weighted by Crippen LogP contribution is -1.86. The topological polar surface area (TPSA) is 46.5 Å². The van der Waals surface area contributed by atoms with Crippen molar-refractivity contribution in [2.24, 2.45) is 0 Å². The molecule has 1 N–H and O–H groups in total. The number of ether oxygens (including phenoxy) is 1. The molecule has 0 saturated heterocycles. The van der Waals surface area contributed by atoms with Crippen LogP contribution in [0.3, 0.4) is 0 Å². The van der Waals surface area contributed by atoms with Crippen molar-refractivity contribution in [2.45, 2.75) is 13.3 Å². The van der Waals surface area contributed by atoms with Crippen LogP contribution in [0.1, 0.15) is 18.9 Å². The fraction of sp³-hybridized carbons (Fsp3) is 0.250. The van der Waals surface area contributed by atoms with Crippen LogP contribution in [0.5, 0.6) is 11.5 Å². The number of aromatic hydroxyl groups is 1. The molecule has 0 aliphatic carbocycles. The molecule has 0 saturated carbocycles. The fourth-order valence-electron chi connectivity index (χ4n) is 1.22. The minimum Gasteiger partial charge on any atom is -0.504 e. The monoisotopic (exact) mass is 206 g/mol. The molecule has 0 amide bonds. The fourth-order valence-corrected chi connectivity index (χ4v) is 1.22. The van der Waals surface area contributed by atoms with E-state index in [9.17, 15) is 9.90 Å². The summed E-state index contributed by atoms with van der Waals surface area (Å²) in [7, 11) is 1.49. The minimum atomic E-state index is 0.0961. The van der Waals surface area contributed by atoms with Gasteiger partial charge in [0.15, 0.2) is 11.5 Å². The summed E-state index contributed by atoms with van der Waals surface area (Å²) < 4.78 is 4.97. The molecule has 1 rings (SSSR count). The maximum absolute atomic E-state index is 10.6. The third-order valence-corrected chi connectivity index (χ3v) is 2.12. The number of hydrogen-bond donors (Lipinski definition) is 1. The number of benzene rings is 1. The Kier molecular flexibility index (Phi) is 3.92. The smallest absolute Gasteiger partial charge is 0.161 e. The quantitative estimate of drug-likeness (QED) is 0.607. The molecule has 0 aromatic heterocycles. The van der Waals surface area contributed by atoms with Crippen molar-refractivity contribution in [1.29, 1.82) is 0 Å². The van der Waals surface area contributed by atoms with Gasteiger partial charge in [-0.1, -0.05) is 13.0 Å². The summed E-state index contributed by atoms with van der Waals surface area (Å²) in [5.74, 6) is 0.504. The minimum absolute atomic E-state index is 0.0961. The van der Waals surface area contributed by atoms with Crippen molar-refractivity contribution in [3.8, 4) is 11.5 Å². The molecule has 0 aliphatic heterocycles. The van der Waals surface area contributed by atoms with E-state index in [2.05, 4.69) is 0 Å². The second-order valence-electron chi connectivity index (χ2n) is 3.12. The molecule has 80 valence electrons. The molecule has 0 atom stereocenters. The van der Waals surface area contributed by atoms with Crippen molar-refractivity contribution in [1.82, 2.24) is 0 Å². The molecule has 3 nitrogen and oxygen atoms in total. The number of phenols is 1. The van der Waals surface area contributed by atoms with Gasteiger partial charge in [-0.3, -0.25) is 4.79 Å². The summed E-state index contributed by atoms with van der Waals surface area (Å²) >= 11 is 0. The van der Waals surface area contributed by atoms with Crippen LogP contribution in [0.25, 0.3) is 6.08 Å². The van der Waals surface area contributed by atoms with Gasteiger partial charge in [-0.2, -0.15) is 0 Å². The van der Waals surface area contributed by atoms with Crippen molar-refractivity contribution in [3.63, 3.8) is 0 Å². The van der Waals surface area contributed by atoms with E-state index in [1.165, 1.54) is 7.11 Å². The summed E-state index contributed by atoms with van der Waals surface area (Å²) in [6, 6.07) is 4.97. The number of carbonyl (C=O) groups excluding carboxylic acids is 1. The number of methoxy groups -OCH3 is 1. The Morgan fingerprint density at radius 1 is 1.53 bits per heavy atom. The van der Waals surface area contributed by atoms with Crippen molar-refractivity contribution >= 4 is 12.4 Å². The van der Waals surface area contributed by atoms with Gasteiger partial charge in [-0.15, -0.1) is 0 Å². The Labute approximate surface area is 89.0 Å². The largest absolute Gasteiger partial charge is 0.504 e. The maximum atomic E-state index is 10.6. The standard InChI is InChI=1S/C12H14O3/c1-3-9(8-13)6-10-4-5-11(14)12(7-10)15-2/h4-8,14H,3H2,1-2H3. The molecule has 0 unspecified atom stereocenters. The molecular weight excluding hydrogens is 192 g/mol. The Morgan fingerprint density at radius 3 is 2.80 bits per heavy atom. The van der Waals surface area contributed by atoms with E-state index < -0.39 is 0 Å². The zero-order chi connectivity index (χ0) is 11.3. The SMILES string of the molecule is CCC(C=O)=Cc1ccc(O)c(OC)c1. The molecule has 1 aromatic rings. The zero-order valence-corrected chi connectivity index (χ0v) is 8.86. The predicted octanol–water partition coefficient (Wildman–Crippen LogP) is 2.39. The highest BCUT2D eigenvalue weighted by Crippen LogP contribution is 2.27. The molecule has 0 fully saturated rings. The van der Waals surface area contributed by atoms with Gasteiger partial charge >= 0.3 is 0 Å². The van der Waals surface area contributed by atoms with E-state index in [4.69, 9.17) is 4.74 Å². The number of rotatable bonds is 4. The Balaban J connectivity index is 3.06. The second-order valence-corrected chi connectivity index (χ2v) is 3.12. The highest BCUT2D eigenvalue weighted by Gasteiger charge is 2.01. The third-order valence-electron chi connectivity index (χ3n) is 2.12. The highest BCUT2D eigenvalue weighted by atomic mass is 16.5. The average Bonchev–Trinajstić information content (AvgIpc) is 2.28. The van der Waals surface area contributed by atoms with Crippen LogP contribution in [-0.4, -0.2) is 18.5 Å². The molecule has 0 radical (unpaired) electrons. The number of allylic oxidation sites excluding steroid dienone is 1. The molecule has 3 heteroatoms. The lowest BCUT2D eigenvalue weighted by atomic mass is 10.1. The Bertz CT molecular complexity index is 380. The van der Waals surface area contributed by atoms with Gasteiger partial charge in [0.05, 0.1) is 7.11 Å². The first-order valence-corrected chi connectivity index (χ1v) is 4.74. The van der Waals surface area contributed by atoms with Gasteiger partial charge in [-0.05, 0) is 35.8 Å². The first-order chi connectivity index (χ1) is 7.21. The summed E-state index contributed by atoms with van der Waals surface area (Å²) in [5.41, 5.74) is 1.55. The predicted molar refractivity (Wildman–Crippen MR) is 59.0 cm³/mol. The normalized spacial score (nSPS) is 11.2. The lowest BCUT2D eigenvalue weighted by Gasteiger charge is -2.04. The molecule has 0 aliphatic rings. The second kappa shape index (κ2) is 5.20. The molecule has 0 heterocycles. The third kappa shape index (κ3) is 2.84. The van der Waals surface area contributed by atoms with Crippen LogP contribution < -0.4 is 4.74 Å². The van der Waals surface area contributed by atoms with E-state index in [-0.39, 0.29) is 5.75 Å². The van der Waals surface area contributed by atoms with Gasteiger partial charge in [0, 0.05) is 0 Å². The van der Waals surface area contributed by atoms with Gasteiger partial charge in [0.1, 0.15) is 6.29 Å². The summed E-state index contributed by atoms with van der Waals surface area (Å²) in [6.45, 7) is 1.91. The van der Waals surface area contributed by atoms with Crippen LogP contribution in [0.4, 0.5) is 0 Å². The summed E-state index contributed by atoms with van der Waals surface area (Å²) in [6.07, 6.45) is 3.29. The van der Waals surface area contributed by atoms with E-state index >= 15 is 0 Å². The molecular formula is C12H14O3. The van der Waals surface area contributed by atoms with Gasteiger partial charge in [-0.25, -0.2) is 0 Å². The van der Waals surface area contributed by atoms with Crippen LogP contribution in [-0.2, 0) is 4.79 Å². The number of hydrogen-bond acceptors (Lipinski definition) is 3. The zero-order valence-electron chi connectivity index (χ0n) is 8.86. The van der Waals surface area contributed by atoms with Crippen LogP contribution in [0, 0.1) is 0 Å². The molecule has 1 aromatic carbocycles. The summed E-state index contributed by atoms with van der Waals surface area (Å²) in [4.78, 5) is 10.6. The van der Waals surface area contributed by atoms with E-state index in [1.54, 1.807) is 24.3 Å². The first kappa shape index (κ1) is 11.3. The lowest BCUT2D eigenvalue weighted by molar-refractivity contribution is -0.104. The average molecular weight is 206 g/mol. The van der Waals surface area contributed by atoms with E-state index in [1.807, 2.05) is 6.92 Å². The van der Waals surface area contributed by atoms with Gasteiger partial charge in [0.25, 0.3) is 0 Å². The Morgan fingerprint density at radius 2 is 2.27 bits per heavy atom. The summed E-state index contributed by atoms with van der Waals surface area (Å²) in [5, 5.41) is 9.37. The molecule has 15 heavy (non-hydrogen) atoms. The van der Waals surface area contributed by atoms with Gasteiger partial charge < -0.3 is 9.84 Å². The molecule has 0 bridgehead atoms. The van der Waals surface area contributed by atoms with Crippen LogP contribution >= 0.6 is 0 Å². The van der Waals surface area contributed by atoms with E-state index in [0.29, 0.717) is 17.7 Å². The van der Waals surface area contributed by atoms with Crippen LogP contribution in [0.2, 0.25) is 0 Å². The number of phenolic OH excluding ortho intramolecular Hbond substituents is 1. The van der Waals surface area contributed by atoms with Crippen molar-refractivity contribution in [3.05, 3.63) is 29.3 Å². The first-order valence-electron chi connectivity index (χ1n) is 4.74. The number of carbonyl (C=O) groups is 1. The van der Waals surface area contributed by atoms with Crippen molar-refractivity contribution in [2.75, 3.05) is 7.11 Å². The Hall–Kier alpha value is -1.77. The molecule has 0 spiro atoms. The van der Waals surface area contributed by atoms with Crippen LogP contribution in [0.15, 0.2) is 23.8 Å². The van der Waals surface area contributed by atoms with E-state index in [0.717, 1.165) is 11.8 Å². The number of aldehydes is 1. The highest BCUT2D eigenvalue weighted by molar-refractivity contribution is 5.81.